The number of rotatable bonds is 6. The third-order valence-corrected chi connectivity index (χ3v) is 3.82. The van der Waals surface area contributed by atoms with E-state index in [1.807, 2.05) is 18.0 Å². The first-order valence-electron chi connectivity index (χ1n) is 6.86. The van der Waals surface area contributed by atoms with Crippen molar-refractivity contribution >= 4 is 5.91 Å². The van der Waals surface area contributed by atoms with Gasteiger partial charge in [0.25, 0.3) is 0 Å². The molecule has 1 aliphatic heterocycles. The van der Waals surface area contributed by atoms with Crippen LogP contribution in [0.25, 0.3) is 0 Å². The lowest BCUT2D eigenvalue weighted by molar-refractivity contribution is -0.129. The van der Waals surface area contributed by atoms with Crippen LogP contribution in [0.3, 0.4) is 0 Å². The largest absolute Gasteiger partial charge is 0.377 e. The monoisotopic (exact) mass is 252 g/mol. The van der Waals surface area contributed by atoms with Gasteiger partial charge < -0.3 is 14.5 Å². The molecule has 0 atom stereocenters. The summed E-state index contributed by atoms with van der Waals surface area (Å²) < 4.78 is 5.25. The van der Waals surface area contributed by atoms with Crippen LogP contribution in [0.5, 0.6) is 0 Å². The van der Waals surface area contributed by atoms with Crippen LogP contribution < -0.4 is 0 Å². The van der Waals surface area contributed by atoms with Gasteiger partial charge in [-0.15, -0.1) is 0 Å². The Kier molecular flexibility index (Phi) is 4.78. The smallest absolute Gasteiger partial charge is 0.226 e. The van der Waals surface area contributed by atoms with Crippen molar-refractivity contribution < 1.29 is 9.53 Å². The first-order valence-corrected chi connectivity index (χ1v) is 6.86. The highest BCUT2D eigenvalue weighted by atomic mass is 16.5. The summed E-state index contributed by atoms with van der Waals surface area (Å²) in [4.78, 5) is 16.2. The van der Waals surface area contributed by atoms with Crippen molar-refractivity contribution in [2.75, 3.05) is 40.4 Å². The van der Waals surface area contributed by atoms with E-state index in [0.717, 1.165) is 32.2 Å². The lowest BCUT2D eigenvalue weighted by Crippen LogP contribution is -2.35. The van der Waals surface area contributed by atoms with E-state index < -0.39 is 0 Å². The zero-order chi connectivity index (χ0) is 13.0. The Balaban J connectivity index is 1.68. The van der Waals surface area contributed by atoms with Gasteiger partial charge in [-0.3, -0.25) is 4.79 Å². The second kappa shape index (κ2) is 6.34. The Labute approximate surface area is 110 Å². The number of carbonyl (C=O) groups excluding carboxylic acids is 1. The molecule has 0 saturated heterocycles. The van der Waals surface area contributed by atoms with E-state index in [2.05, 4.69) is 11.9 Å². The summed E-state index contributed by atoms with van der Waals surface area (Å²) in [6.45, 7) is 3.23. The van der Waals surface area contributed by atoms with Crippen LogP contribution in [-0.2, 0) is 9.53 Å². The standard InChI is InChI=1S/C14H24N2O2/c1-15(13-3-4-13)7-8-16(2)14(17)11-12-5-9-18-10-6-12/h5,13H,3-4,6-11H2,1-2H3. The second-order valence-electron chi connectivity index (χ2n) is 5.39. The average Bonchev–Trinajstić information content (AvgIpc) is 3.21. The van der Waals surface area contributed by atoms with E-state index >= 15 is 0 Å². The average molecular weight is 252 g/mol. The fraction of sp³-hybridized carbons (Fsp3) is 0.786. The van der Waals surface area contributed by atoms with Gasteiger partial charge in [-0.2, -0.15) is 0 Å². The van der Waals surface area contributed by atoms with Gasteiger partial charge in [0.2, 0.25) is 5.91 Å². The molecule has 2 aliphatic rings. The SMILES string of the molecule is CN(CCN(C)C1CC1)C(=O)CC1=CCOCC1. The first-order chi connectivity index (χ1) is 8.66. The minimum atomic E-state index is 0.229. The minimum Gasteiger partial charge on any atom is -0.377 e. The fourth-order valence-electron chi connectivity index (χ4n) is 2.19. The number of amides is 1. The molecule has 0 radical (unpaired) electrons. The molecule has 0 aromatic carbocycles. The van der Waals surface area contributed by atoms with E-state index in [-0.39, 0.29) is 5.91 Å². The van der Waals surface area contributed by atoms with Crippen molar-refractivity contribution in [2.45, 2.75) is 31.7 Å². The van der Waals surface area contributed by atoms with Gasteiger partial charge in [0.1, 0.15) is 0 Å². The van der Waals surface area contributed by atoms with Crippen molar-refractivity contribution in [3.05, 3.63) is 11.6 Å². The van der Waals surface area contributed by atoms with Gasteiger partial charge >= 0.3 is 0 Å². The van der Waals surface area contributed by atoms with Gasteiger partial charge in [-0.05, 0) is 26.3 Å². The number of likely N-dealkylation sites (N-methyl/N-ethyl adjacent to an activating group) is 2. The predicted molar refractivity (Wildman–Crippen MR) is 71.4 cm³/mol. The third-order valence-electron chi connectivity index (χ3n) is 3.82. The van der Waals surface area contributed by atoms with Gasteiger partial charge in [-0.1, -0.05) is 11.6 Å². The lowest BCUT2D eigenvalue weighted by Gasteiger charge is -2.23. The maximum atomic E-state index is 12.0. The van der Waals surface area contributed by atoms with Crippen molar-refractivity contribution in [1.29, 1.82) is 0 Å². The zero-order valence-electron chi connectivity index (χ0n) is 11.5. The topological polar surface area (TPSA) is 32.8 Å². The van der Waals surface area contributed by atoms with Gasteiger partial charge in [0, 0.05) is 32.6 Å². The number of ether oxygens (including phenoxy) is 1. The minimum absolute atomic E-state index is 0.229. The van der Waals surface area contributed by atoms with Gasteiger partial charge in [0.05, 0.1) is 13.2 Å². The molecule has 0 unspecified atom stereocenters. The van der Waals surface area contributed by atoms with E-state index in [9.17, 15) is 4.79 Å². The van der Waals surface area contributed by atoms with Crippen LogP contribution in [0.15, 0.2) is 11.6 Å². The normalized spacial score (nSPS) is 19.8. The van der Waals surface area contributed by atoms with Crippen molar-refractivity contribution in [2.24, 2.45) is 0 Å². The Bertz CT molecular complexity index is 324. The molecular formula is C14H24N2O2. The van der Waals surface area contributed by atoms with Crippen molar-refractivity contribution in [1.82, 2.24) is 9.80 Å². The lowest BCUT2D eigenvalue weighted by atomic mass is 10.1. The summed E-state index contributed by atoms with van der Waals surface area (Å²) in [5.41, 5.74) is 1.23. The molecule has 102 valence electrons. The molecule has 1 heterocycles. The maximum absolute atomic E-state index is 12.0. The summed E-state index contributed by atoms with van der Waals surface area (Å²) in [6.07, 6.45) is 6.15. The zero-order valence-corrected chi connectivity index (χ0v) is 11.5. The second-order valence-corrected chi connectivity index (χ2v) is 5.39. The molecule has 0 bridgehead atoms. The van der Waals surface area contributed by atoms with Gasteiger partial charge in [0.15, 0.2) is 0 Å². The summed E-state index contributed by atoms with van der Waals surface area (Å²) in [7, 11) is 4.06. The Morgan fingerprint density at radius 2 is 2.17 bits per heavy atom. The number of carbonyl (C=O) groups is 1. The summed E-state index contributed by atoms with van der Waals surface area (Å²) in [5, 5.41) is 0. The molecule has 4 nitrogen and oxygen atoms in total. The molecule has 18 heavy (non-hydrogen) atoms. The molecule has 1 saturated carbocycles. The molecule has 0 N–H and O–H groups in total. The predicted octanol–water partition coefficient (Wildman–Crippen LogP) is 1.28. The summed E-state index contributed by atoms with van der Waals surface area (Å²) in [5.74, 6) is 0.229. The molecule has 0 aromatic heterocycles. The van der Waals surface area contributed by atoms with Crippen molar-refractivity contribution in [3.63, 3.8) is 0 Å². The molecule has 0 spiro atoms. The molecule has 0 aromatic rings. The maximum Gasteiger partial charge on any atom is 0.226 e. The molecule has 1 fully saturated rings. The number of nitrogens with zero attached hydrogens (tertiary/aromatic N) is 2. The Morgan fingerprint density at radius 1 is 1.39 bits per heavy atom. The highest BCUT2D eigenvalue weighted by molar-refractivity contribution is 5.78. The molecular weight excluding hydrogens is 228 g/mol. The van der Waals surface area contributed by atoms with E-state index in [4.69, 9.17) is 4.74 Å². The Hall–Kier alpha value is -0.870. The summed E-state index contributed by atoms with van der Waals surface area (Å²) >= 11 is 0. The highest BCUT2D eigenvalue weighted by Crippen LogP contribution is 2.24. The van der Waals surface area contributed by atoms with E-state index in [1.165, 1.54) is 18.4 Å². The summed E-state index contributed by atoms with van der Waals surface area (Å²) in [6, 6.07) is 0.770. The fourth-order valence-corrected chi connectivity index (χ4v) is 2.19. The van der Waals surface area contributed by atoms with Crippen LogP contribution >= 0.6 is 0 Å². The molecule has 4 heteroatoms. The van der Waals surface area contributed by atoms with Gasteiger partial charge in [-0.25, -0.2) is 0 Å². The van der Waals surface area contributed by atoms with E-state index in [1.54, 1.807) is 0 Å². The third kappa shape index (κ3) is 4.10. The molecule has 1 aliphatic carbocycles. The highest BCUT2D eigenvalue weighted by Gasteiger charge is 2.26. The van der Waals surface area contributed by atoms with E-state index in [0.29, 0.717) is 13.0 Å². The quantitative estimate of drug-likeness (QED) is 0.668. The van der Waals surface area contributed by atoms with Crippen LogP contribution in [0.1, 0.15) is 25.7 Å². The van der Waals surface area contributed by atoms with Crippen LogP contribution in [-0.4, -0.2) is 62.1 Å². The number of hydrogen-bond donors (Lipinski definition) is 0. The molecule has 2 rings (SSSR count). The first kappa shape index (κ1) is 13.6. The van der Waals surface area contributed by atoms with Crippen molar-refractivity contribution in [3.8, 4) is 0 Å². The van der Waals surface area contributed by atoms with Crippen LogP contribution in [0, 0.1) is 0 Å². The van der Waals surface area contributed by atoms with Crippen LogP contribution in [0.2, 0.25) is 0 Å². The number of hydrogen-bond acceptors (Lipinski definition) is 3. The van der Waals surface area contributed by atoms with Crippen LogP contribution in [0.4, 0.5) is 0 Å². The molecule has 1 amide bonds. The Morgan fingerprint density at radius 3 is 2.78 bits per heavy atom.